The second kappa shape index (κ2) is 6.02. The first-order valence-electron chi connectivity index (χ1n) is 5.61. The maximum atomic E-state index is 10.2. The molecule has 0 fully saturated rings. The fourth-order valence-electron chi connectivity index (χ4n) is 1.71. The lowest BCUT2D eigenvalue weighted by Crippen LogP contribution is -2.10. The average molecular weight is 306 g/mol. The summed E-state index contributed by atoms with van der Waals surface area (Å²) in [5, 5.41) is 14.3. The van der Waals surface area contributed by atoms with E-state index in [1.165, 1.54) is 17.7 Å². The molecule has 0 aromatic carbocycles. The maximum Gasteiger partial charge on any atom is 0.138 e. The van der Waals surface area contributed by atoms with Gasteiger partial charge in [0.2, 0.25) is 0 Å². The van der Waals surface area contributed by atoms with Crippen LogP contribution in [0.1, 0.15) is 30.8 Å². The van der Waals surface area contributed by atoms with Gasteiger partial charge in [-0.05, 0) is 12.5 Å². The first-order valence-corrected chi connectivity index (χ1v) is 7.18. The number of halogens is 2. The summed E-state index contributed by atoms with van der Waals surface area (Å²) in [5.41, 5.74) is 0.651. The molecule has 7 heteroatoms. The van der Waals surface area contributed by atoms with Crippen LogP contribution < -0.4 is 0 Å². The van der Waals surface area contributed by atoms with Gasteiger partial charge in [0.1, 0.15) is 16.5 Å². The summed E-state index contributed by atoms with van der Waals surface area (Å²) in [4.78, 5) is 4.16. The van der Waals surface area contributed by atoms with Crippen LogP contribution in [0.5, 0.6) is 0 Å². The van der Waals surface area contributed by atoms with Crippen LogP contribution in [0, 0.1) is 0 Å². The first kappa shape index (κ1) is 13.8. The minimum absolute atomic E-state index is 0.382. The first-order chi connectivity index (χ1) is 8.61. The Morgan fingerprint density at radius 3 is 2.89 bits per heavy atom. The van der Waals surface area contributed by atoms with Gasteiger partial charge in [-0.3, -0.25) is 4.68 Å². The van der Waals surface area contributed by atoms with Crippen LogP contribution in [0.15, 0.2) is 12.4 Å². The zero-order valence-corrected chi connectivity index (χ0v) is 12.1. The molecule has 0 amide bonds. The van der Waals surface area contributed by atoms with E-state index in [1.807, 2.05) is 0 Å². The summed E-state index contributed by atoms with van der Waals surface area (Å²) < 4.78 is 2.89. The third-order valence-corrected chi connectivity index (χ3v) is 4.07. The van der Waals surface area contributed by atoms with Crippen molar-refractivity contribution in [1.29, 1.82) is 0 Å². The molecule has 2 heterocycles. The summed E-state index contributed by atoms with van der Waals surface area (Å²) >= 11 is 13.1. The van der Waals surface area contributed by atoms with Crippen molar-refractivity contribution < 1.29 is 5.11 Å². The highest BCUT2D eigenvalue weighted by Crippen LogP contribution is 2.35. The Labute approximate surface area is 119 Å². The molecule has 2 aromatic heterocycles. The molecule has 0 saturated heterocycles. The maximum absolute atomic E-state index is 10.2. The van der Waals surface area contributed by atoms with Crippen LogP contribution >= 0.6 is 34.5 Å². The van der Waals surface area contributed by atoms with E-state index in [9.17, 15) is 5.11 Å². The molecule has 0 aliphatic carbocycles. The predicted molar refractivity (Wildman–Crippen MR) is 73.3 cm³/mol. The molecule has 0 saturated carbocycles. The monoisotopic (exact) mass is 305 g/mol. The second-order valence-electron chi connectivity index (χ2n) is 3.90. The van der Waals surface area contributed by atoms with Crippen LogP contribution in [0.25, 0.3) is 0 Å². The van der Waals surface area contributed by atoms with Gasteiger partial charge < -0.3 is 5.11 Å². The van der Waals surface area contributed by atoms with Gasteiger partial charge in [-0.15, -0.1) is 11.3 Å². The van der Waals surface area contributed by atoms with Gasteiger partial charge in [0.15, 0.2) is 0 Å². The van der Waals surface area contributed by atoms with Gasteiger partial charge in [0.05, 0.1) is 10.4 Å². The Morgan fingerprint density at radius 1 is 1.50 bits per heavy atom. The molecule has 1 atom stereocenters. The van der Waals surface area contributed by atoms with E-state index in [-0.39, 0.29) is 0 Å². The predicted octanol–water partition coefficient (Wildman–Crippen LogP) is 3.33. The molecule has 0 radical (unpaired) electrons. The van der Waals surface area contributed by atoms with Crippen LogP contribution in [0.2, 0.25) is 8.67 Å². The summed E-state index contributed by atoms with van der Waals surface area (Å²) in [7, 11) is 0. The molecular formula is C11H13Cl2N3OS. The summed E-state index contributed by atoms with van der Waals surface area (Å²) in [6.07, 6.45) is 2.14. The molecule has 0 aliphatic heterocycles. The van der Waals surface area contributed by atoms with E-state index in [0.29, 0.717) is 20.7 Å². The van der Waals surface area contributed by atoms with Crippen molar-refractivity contribution in [3.05, 3.63) is 32.5 Å². The Kier molecular flexibility index (Phi) is 4.61. The Balaban J connectivity index is 2.13. The topological polar surface area (TPSA) is 50.9 Å². The Bertz CT molecular complexity index is 526. The molecule has 0 aliphatic rings. The lowest BCUT2D eigenvalue weighted by molar-refractivity contribution is 0.174. The summed E-state index contributed by atoms with van der Waals surface area (Å²) in [6, 6.07) is 1.69. The normalized spacial score (nSPS) is 12.9. The van der Waals surface area contributed by atoms with E-state index in [4.69, 9.17) is 23.2 Å². The van der Waals surface area contributed by atoms with Crippen molar-refractivity contribution >= 4 is 34.5 Å². The highest BCUT2D eigenvalue weighted by atomic mass is 35.5. The van der Waals surface area contributed by atoms with Crippen molar-refractivity contribution in [1.82, 2.24) is 14.8 Å². The zero-order chi connectivity index (χ0) is 13.1. The number of hydrogen-bond donors (Lipinski definition) is 1. The molecule has 0 bridgehead atoms. The highest BCUT2D eigenvalue weighted by Gasteiger charge is 2.18. The number of hydrogen-bond acceptors (Lipinski definition) is 4. The lowest BCUT2D eigenvalue weighted by atomic mass is 10.1. The molecule has 1 N–H and O–H groups in total. The number of aryl methyl sites for hydroxylation is 1. The van der Waals surface area contributed by atoms with Gasteiger partial charge in [-0.25, -0.2) is 4.98 Å². The quantitative estimate of drug-likeness (QED) is 0.922. The minimum Gasteiger partial charge on any atom is -0.388 e. The van der Waals surface area contributed by atoms with Crippen LogP contribution in [-0.4, -0.2) is 19.9 Å². The Hall–Kier alpha value is -0.620. The second-order valence-corrected chi connectivity index (χ2v) is 6.18. The smallest absolute Gasteiger partial charge is 0.138 e. The molecule has 2 aromatic rings. The SMILES string of the molecule is CCCn1ncnc1CC(O)c1cc(Cl)sc1Cl. The summed E-state index contributed by atoms with van der Waals surface area (Å²) in [6.45, 7) is 2.86. The molecule has 0 spiro atoms. The van der Waals surface area contributed by atoms with Crippen molar-refractivity contribution in [3.8, 4) is 0 Å². The van der Waals surface area contributed by atoms with Crippen molar-refractivity contribution in [2.75, 3.05) is 0 Å². The van der Waals surface area contributed by atoms with Crippen LogP contribution in [0.4, 0.5) is 0 Å². The van der Waals surface area contributed by atoms with E-state index in [0.717, 1.165) is 18.8 Å². The van der Waals surface area contributed by atoms with Crippen molar-refractivity contribution in [2.24, 2.45) is 0 Å². The molecule has 4 nitrogen and oxygen atoms in total. The van der Waals surface area contributed by atoms with Gasteiger partial charge in [-0.1, -0.05) is 30.1 Å². The van der Waals surface area contributed by atoms with Crippen molar-refractivity contribution in [3.63, 3.8) is 0 Å². The third kappa shape index (κ3) is 3.03. The minimum atomic E-state index is -0.707. The standard InChI is InChI=1S/C11H13Cl2N3OS/c1-2-3-16-10(14-6-15-16)5-8(17)7-4-9(12)18-11(7)13/h4,6,8,17H,2-3,5H2,1H3. The van der Waals surface area contributed by atoms with E-state index >= 15 is 0 Å². The number of rotatable bonds is 5. The lowest BCUT2D eigenvalue weighted by Gasteiger charge is -2.10. The Morgan fingerprint density at radius 2 is 2.28 bits per heavy atom. The van der Waals surface area contributed by atoms with Crippen molar-refractivity contribution in [2.45, 2.75) is 32.4 Å². The fraction of sp³-hybridized carbons (Fsp3) is 0.455. The molecule has 2 rings (SSSR count). The number of nitrogens with zero attached hydrogens (tertiary/aromatic N) is 3. The van der Waals surface area contributed by atoms with Gasteiger partial charge in [0.25, 0.3) is 0 Å². The van der Waals surface area contributed by atoms with E-state index in [2.05, 4.69) is 17.0 Å². The molecule has 98 valence electrons. The fourth-order valence-corrected chi connectivity index (χ4v) is 3.28. The zero-order valence-electron chi connectivity index (χ0n) is 9.81. The summed E-state index contributed by atoms with van der Waals surface area (Å²) in [5.74, 6) is 0.753. The van der Waals surface area contributed by atoms with Gasteiger partial charge in [0, 0.05) is 18.5 Å². The molecule has 18 heavy (non-hydrogen) atoms. The van der Waals surface area contributed by atoms with Gasteiger partial charge >= 0.3 is 0 Å². The highest BCUT2D eigenvalue weighted by molar-refractivity contribution is 7.20. The third-order valence-electron chi connectivity index (χ3n) is 2.55. The molecule has 1 unspecified atom stereocenters. The number of aromatic nitrogens is 3. The average Bonchev–Trinajstić information content (AvgIpc) is 2.87. The number of aliphatic hydroxyl groups is 1. The van der Waals surface area contributed by atoms with E-state index in [1.54, 1.807) is 10.7 Å². The van der Waals surface area contributed by atoms with Gasteiger partial charge in [-0.2, -0.15) is 5.10 Å². The van der Waals surface area contributed by atoms with Crippen LogP contribution in [0.3, 0.4) is 0 Å². The largest absolute Gasteiger partial charge is 0.388 e. The number of thiophene rings is 1. The van der Waals surface area contributed by atoms with E-state index < -0.39 is 6.10 Å². The molecular weight excluding hydrogens is 293 g/mol. The van der Waals surface area contributed by atoms with Crippen LogP contribution in [-0.2, 0) is 13.0 Å². The number of aliphatic hydroxyl groups excluding tert-OH is 1.